The topological polar surface area (TPSA) is 71.0 Å². The minimum atomic E-state index is -4.78. The number of rotatable bonds is 3. The molecule has 0 atom stereocenters. The fourth-order valence-corrected chi connectivity index (χ4v) is 2.77. The summed E-state index contributed by atoms with van der Waals surface area (Å²) >= 11 is 6.10. The molecule has 26 heavy (non-hydrogen) atoms. The van der Waals surface area contributed by atoms with E-state index in [1.165, 1.54) is 35.4 Å². The quantitative estimate of drug-likeness (QED) is 0.644. The van der Waals surface area contributed by atoms with Crippen LogP contribution in [0, 0.1) is 0 Å². The van der Waals surface area contributed by atoms with Crippen molar-refractivity contribution in [2.75, 3.05) is 0 Å². The van der Waals surface area contributed by atoms with Crippen molar-refractivity contribution in [1.82, 2.24) is 18.7 Å². The Bertz CT molecular complexity index is 1100. The molecule has 0 N–H and O–H groups in total. The predicted octanol–water partition coefficient (Wildman–Crippen LogP) is 2.03. The molecule has 7 nitrogen and oxygen atoms in total. The Kier molecular flexibility index (Phi) is 4.31. The molecule has 0 fully saturated rings. The highest BCUT2D eigenvalue weighted by Gasteiger charge is 2.31. The minimum absolute atomic E-state index is 0.0195. The number of alkyl halides is 3. The van der Waals surface area contributed by atoms with E-state index in [1.807, 2.05) is 0 Å². The summed E-state index contributed by atoms with van der Waals surface area (Å²) in [4.78, 5) is 28.4. The number of aromatic nitrogens is 4. The Morgan fingerprint density at radius 1 is 1.12 bits per heavy atom. The van der Waals surface area contributed by atoms with Crippen LogP contribution in [0.4, 0.5) is 13.2 Å². The molecule has 0 saturated heterocycles. The lowest BCUT2D eigenvalue weighted by atomic mass is 10.2. The summed E-state index contributed by atoms with van der Waals surface area (Å²) in [5.41, 5.74) is -0.302. The van der Waals surface area contributed by atoms with Crippen molar-refractivity contribution < 1.29 is 17.9 Å². The van der Waals surface area contributed by atoms with Crippen LogP contribution in [0.3, 0.4) is 0 Å². The van der Waals surface area contributed by atoms with Crippen LogP contribution in [0.5, 0.6) is 5.75 Å². The molecule has 138 valence electrons. The van der Waals surface area contributed by atoms with Gasteiger partial charge in [0.15, 0.2) is 11.2 Å². The molecule has 0 aliphatic carbocycles. The highest BCUT2D eigenvalue weighted by Crippen LogP contribution is 2.24. The molecule has 0 unspecified atom stereocenters. The first-order valence-electron chi connectivity index (χ1n) is 7.25. The molecule has 3 rings (SSSR count). The maximum Gasteiger partial charge on any atom is 0.573 e. The lowest BCUT2D eigenvalue weighted by Crippen LogP contribution is -2.37. The second-order valence-corrected chi connectivity index (χ2v) is 5.87. The number of imidazole rings is 1. The van der Waals surface area contributed by atoms with Crippen LogP contribution in [-0.4, -0.2) is 25.0 Å². The maximum absolute atomic E-state index is 12.4. The third kappa shape index (κ3) is 3.19. The molecule has 0 aliphatic rings. The van der Waals surface area contributed by atoms with Gasteiger partial charge in [0.05, 0.1) is 6.54 Å². The zero-order valence-electron chi connectivity index (χ0n) is 13.5. The smallest absolute Gasteiger partial charge is 0.406 e. The maximum atomic E-state index is 12.4. The molecule has 0 radical (unpaired) electrons. The zero-order valence-corrected chi connectivity index (χ0v) is 14.3. The molecule has 0 spiro atoms. The van der Waals surface area contributed by atoms with Crippen molar-refractivity contribution in [2.45, 2.75) is 12.9 Å². The number of hydrogen-bond donors (Lipinski definition) is 0. The highest BCUT2D eigenvalue weighted by molar-refractivity contribution is 6.29. The van der Waals surface area contributed by atoms with E-state index in [0.29, 0.717) is 5.56 Å². The third-order valence-electron chi connectivity index (χ3n) is 3.80. The van der Waals surface area contributed by atoms with Crippen LogP contribution < -0.4 is 16.0 Å². The Morgan fingerprint density at radius 3 is 2.31 bits per heavy atom. The largest absolute Gasteiger partial charge is 0.573 e. The Hall–Kier alpha value is -2.75. The number of fused-ring (bicyclic) bond motifs is 1. The van der Waals surface area contributed by atoms with E-state index in [9.17, 15) is 22.8 Å². The number of ether oxygens (including phenoxy) is 1. The number of halogens is 4. The summed E-state index contributed by atoms with van der Waals surface area (Å²) in [5, 5.41) is -0.0195. The SMILES string of the molecule is Cn1c(=O)c2c(nc(Cl)n2Cc2ccc(OC(F)(F)F)cc2)n(C)c1=O. The van der Waals surface area contributed by atoms with Gasteiger partial charge in [-0.05, 0) is 29.3 Å². The van der Waals surface area contributed by atoms with Crippen molar-refractivity contribution in [1.29, 1.82) is 0 Å². The van der Waals surface area contributed by atoms with Gasteiger partial charge in [0.25, 0.3) is 5.56 Å². The number of aryl methyl sites for hydroxylation is 1. The second kappa shape index (κ2) is 6.20. The molecular weight excluding hydrogens is 377 g/mol. The first-order chi connectivity index (χ1) is 12.1. The van der Waals surface area contributed by atoms with Gasteiger partial charge >= 0.3 is 12.1 Å². The predicted molar refractivity (Wildman–Crippen MR) is 87.5 cm³/mol. The van der Waals surface area contributed by atoms with Crippen molar-refractivity contribution in [2.24, 2.45) is 14.1 Å². The van der Waals surface area contributed by atoms with Gasteiger partial charge in [0, 0.05) is 14.1 Å². The van der Waals surface area contributed by atoms with E-state index in [0.717, 1.165) is 16.7 Å². The molecule has 0 saturated carbocycles. The van der Waals surface area contributed by atoms with Crippen LogP contribution in [0.15, 0.2) is 33.9 Å². The van der Waals surface area contributed by atoms with Crippen molar-refractivity contribution >= 4 is 22.8 Å². The first-order valence-corrected chi connectivity index (χ1v) is 7.62. The van der Waals surface area contributed by atoms with E-state index >= 15 is 0 Å². The van der Waals surface area contributed by atoms with Crippen LogP contribution in [0.2, 0.25) is 5.28 Å². The van der Waals surface area contributed by atoms with Crippen molar-refractivity contribution in [3.05, 3.63) is 56.0 Å². The van der Waals surface area contributed by atoms with Gasteiger partial charge < -0.3 is 9.30 Å². The average molecular weight is 389 g/mol. The Morgan fingerprint density at radius 2 is 1.73 bits per heavy atom. The van der Waals surface area contributed by atoms with Gasteiger partial charge in [0.1, 0.15) is 5.75 Å². The van der Waals surface area contributed by atoms with E-state index in [4.69, 9.17) is 11.6 Å². The van der Waals surface area contributed by atoms with Crippen LogP contribution >= 0.6 is 11.6 Å². The normalized spacial score (nSPS) is 11.9. The average Bonchev–Trinajstić information content (AvgIpc) is 2.88. The van der Waals surface area contributed by atoms with Gasteiger partial charge in [-0.25, -0.2) is 4.79 Å². The van der Waals surface area contributed by atoms with Gasteiger partial charge in [-0.2, -0.15) is 4.98 Å². The van der Waals surface area contributed by atoms with Crippen LogP contribution in [0.1, 0.15) is 5.56 Å². The molecule has 0 bridgehead atoms. The molecule has 3 aromatic rings. The highest BCUT2D eigenvalue weighted by atomic mass is 35.5. The monoisotopic (exact) mass is 388 g/mol. The zero-order chi connectivity index (χ0) is 19.2. The number of nitrogens with zero attached hydrogens (tertiary/aromatic N) is 4. The summed E-state index contributed by atoms with van der Waals surface area (Å²) in [6, 6.07) is 5.14. The summed E-state index contributed by atoms with van der Waals surface area (Å²) in [5.74, 6) is -0.360. The van der Waals surface area contributed by atoms with Crippen molar-refractivity contribution in [3.8, 4) is 5.75 Å². The standard InChI is InChI=1S/C15H12ClF3N4O3/c1-21-11-10(12(24)22(2)14(21)25)23(13(16)20-11)7-8-3-5-9(6-4-8)26-15(17,18)19/h3-6H,7H2,1-2H3. The second-order valence-electron chi connectivity index (χ2n) is 5.54. The van der Waals surface area contributed by atoms with Gasteiger partial charge in [0.2, 0.25) is 5.28 Å². The summed E-state index contributed by atoms with van der Waals surface area (Å²) < 4.78 is 44.0. The Balaban J connectivity index is 2.03. The van der Waals surface area contributed by atoms with E-state index in [-0.39, 0.29) is 28.7 Å². The van der Waals surface area contributed by atoms with Gasteiger partial charge in [-0.15, -0.1) is 13.2 Å². The van der Waals surface area contributed by atoms with E-state index < -0.39 is 17.6 Å². The Labute approximate surface area is 148 Å². The first kappa shape index (κ1) is 18.1. The summed E-state index contributed by atoms with van der Waals surface area (Å²) in [7, 11) is 2.79. The molecule has 2 heterocycles. The lowest BCUT2D eigenvalue weighted by Gasteiger charge is -2.10. The van der Waals surface area contributed by atoms with Gasteiger partial charge in [-0.3, -0.25) is 13.9 Å². The molecule has 0 aliphatic heterocycles. The molecule has 11 heteroatoms. The van der Waals surface area contributed by atoms with Crippen molar-refractivity contribution in [3.63, 3.8) is 0 Å². The molecular formula is C15H12ClF3N4O3. The minimum Gasteiger partial charge on any atom is -0.406 e. The molecule has 2 aromatic heterocycles. The lowest BCUT2D eigenvalue weighted by molar-refractivity contribution is -0.274. The fourth-order valence-electron chi connectivity index (χ4n) is 2.54. The summed E-state index contributed by atoms with van der Waals surface area (Å²) in [6.07, 6.45) is -4.78. The molecule has 0 amide bonds. The van der Waals surface area contributed by atoms with E-state index in [1.54, 1.807) is 0 Å². The number of hydrogen-bond acceptors (Lipinski definition) is 4. The molecule has 1 aromatic carbocycles. The van der Waals surface area contributed by atoms with Crippen LogP contribution in [0.25, 0.3) is 11.2 Å². The summed E-state index contributed by atoms with van der Waals surface area (Å²) in [6.45, 7) is 0.0784. The fraction of sp³-hybridized carbons (Fsp3) is 0.267. The third-order valence-corrected chi connectivity index (χ3v) is 4.09. The van der Waals surface area contributed by atoms with Gasteiger partial charge in [-0.1, -0.05) is 12.1 Å². The van der Waals surface area contributed by atoms with E-state index in [2.05, 4.69) is 9.72 Å². The van der Waals surface area contributed by atoms with Crippen LogP contribution in [-0.2, 0) is 20.6 Å². The number of benzene rings is 1.